The van der Waals surface area contributed by atoms with E-state index in [0.29, 0.717) is 12.2 Å². The minimum atomic E-state index is 0.173. The van der Waals surface area contributed by atoms with Crippen LogP contribution in [-0.4, -0.2) is 19.3 Å². The molecule has 0 radical (unpaired) electrons. The van der Waals surface area contributed by atoms with E-state index in [1.807, 2.05) is 12.1 Å². The van der Waals surface area contributed by atoms with Gasteiger partial charge in [-0.05, 0) is 49.2 Å². The summed E-state index contributed by atoms with van der Waals surface area (Å²) in [6.07, 6.45) is 1.000. The van der Waals surface area contributed by atoms with Crippen molar-refractivity contribution >= 4 is 11.4 Å². The van der Waals surface area contributed by atoms with Crippen molar-refractivity contribution in [3.05, 3.63) is 59.2 Å². The molecule has 2 aromatic rings. The van der Waals surface area contributed by atoms with Crippen LogP contribution in [0, 0.1) is 18.3 Å². The van der Waals surface area contributed by atoms with Crippen molar-refractivity contribution in [1.82, 2.24) is 0 Å². The summed E-state index contributed by atoms with van der Waals surface area (Å²) >= 11 is 0. The number of fused-ring (bicyclic) bond motifs is 1. The molecule has 3 heteroatoms. The van der Waals surface area contributed by atoms with Gasteiger partial charge in [0.05, 0.1) is 24.3 Å². The molecule has 1 atom stereocenters. The van der Waals surface area contributed by atoms with Gasteiger partial charge in [-0.2, -0.15) is 5.26 Å². The minimum Gasteiger partial charge on any atom is -0.376 e. The Kier molecular flexibility index (Phi) is 4.13. The lowest BCUT2D eigenvalue weighted by Crippen LogP contribution is -2.29. The predicted molar refractivity (Wildman–Crippen MR) is 88.5 cm³/mol. The topological polar surface area (TPSA) is 36.3 Å². The monoisotopic (exact) mass is 292 g/mol. The van der Waals surface area contributed by atoms with Crippen molar-refractivity contribution in [3.8, 4) is 6.07 Å². The second-order valence-corrected chi connectivity index (χ2v) is 5.78. The van der Waals surface area contributed by atoms with Crippen LogP contribution in [0.1, 0.15) is 23.6 Å². The molecule has 0 fully saturated rings. The zero-order chi connectivity index (χ0) is 15.5. The fraction of sp³-hybridized carbons (Fsp3) is 0.316. The number of anilines is 2. The summed E-state index contributed by atoms with van der Waals surface area (Å²) < 4.78 is 5.88. The van der Waals surface area contributed by atoms with Crippen molar-refractivity contribution in [2.24, 2.45) is 0 Å². The Morgan fingerprint density at radius 1 is 1.18 bits per heavy atom. The summed E-state index contributed by atoms with van der Waals surface area (Å²) in [7, 11) is 0. The molecular formula is C19H20N2O. The number of benzene rings is 2. The van der Waals surface area contributed by atoms with E-state index in [-0.39, 0.29) is 6.10 Å². The number of nitriles is 1. The van der Waals surface area contributed by atoms with Crippen LogP contribution in [0.4, 0.5) is 11.4 Å². The quantitative estimate of drug-likeness (QED) is 0.798. The first-order chi connectivity index (χ1) is 10.7. The maximum absolute atomic E-state index is 9.16. The zero-order valence-electron chi connectivity index (χ0n) is 13.0. The highest BCUT2D eigenvalue weighted by molar-refractivity contribution is 5.70. The van der Waals surface area contributed by atoms with Gasteiger partial charge in [-0.25, -0.2) is 0 Å². The highest BCUT2D eigenvalue weighted by Gasteiger charge is 2.20. The first kappa shape index (κ1) is 14.6. The Hall–Kier alpha value is -2.31. The summed E-state index contributed by atoms with van der Waals surface area (Å²) in [6.45, 7) is 5.73. The summed E-state index contributed by atoms with van der Waals surface area (Å²) in [5, 5.41) is 9.16. The van der Waals surface area contributed by atoms with Crippen LogP contribution in [0.15, 0.2) is 42.5 Å². The lowest BCUT2D eigenvalue weighted by Gasteiger charge is -2.32. The maximum atomic E-state index is 9.16. The van der Waals surface area contributed by atoms with E-state index in [1.165, 1.54) is 22.5 Å². The molecule has 1 unspecified atom stereocenters. The second-order valence-electron chi connectivity index (χ2n) is 5.78. The molecule has 22 heavy (non-hydrogen) atoms. The molecule has 1 heterocycles. The van der Waals surface area contributed by atoms with Gasteiger partial charge < -0.3 is 9.64 Å². The molecule has 0 aromatic heterocycles. The van der Waals surface area contributed by atoms with Gasteiger partial charge in [-0.15, -0.1) is 0 Å². The third-order valence-corrected chi connectivity index (χ3v) is 4.13. The Bertz CT molecular complexity index is 718. The smallest absolute Gasteiger partial charge is 0.0991 e. The molecule has 1 aliphatic heterocycles. The fourth-order valence-electron chi connectivity index (χ4n) is 3.03. The highest BCUT2D eigenvalue weighted by atomic mass is 16.5. The molecule has 0 bridgehead atoms. The van der Waals surface area contributed by atoms with Crippen LogP contribution in [0.5, 0.6) is 0 Å². The zero-order valence-corrected chi connectivity index (χ0v) is 13.0. The standard InChI is InChI=1S/C19H20N2O/c1-14-5-3-4-6-18(14)21-9-10-22-15(2)11-17-12-16(13-20)7-8-19(17)21/h3-8,12,15H,9-11H2,1-2H3. The molecule has 3 rings (SSSR count). The number of ether oxygens (including phenoxy) is 1. The van der Waals surface area contributed by atoms with Gasteiger partial charge in [0.1, 0.15) is 0 Å². The summed E-state index contributed by atoms with van der Waals surface area (Å²) in [6, 6.07) is 16.6. The molecule has 0 N–H and O–H groups in total. The number of nitrogens with zero attached hydrogens (tertiary/aromatic N) is 2. The average molecular weight is 292 g/mol. The number of para-hydroxylation sites is 1. The van der Waals surface area contributed by atoms with Crippen molar-refractivity contribution in [1.29, 1.82) is 5.26 Å². The van der Waals surface area contributed by atoms with Gasteiger partial charge in [0.15, 0.2) is 0 Å². The molecule has 112 valence electrons. The van der Waals surface area contributed by atoms with Crippen molar-refractivity contribution < 1.29 is 4.74 Å². The molecule has 1 aliphatic rings. The molecule has 0 amide bonds. The Morgan fingerprint density at radius 2 is 2.00 bits per heavy atom. The molecule has 0 saturated carbocycles. The van der Waals surface area contributed by atoms with E-state index in [0.717, 1.165) is 13.0 Å². The molecule has 0 spiro atoms. The van der Waals surface area contributed by atoms with Crippen LogP contribution >= 0.6 is 0 Å². The number of aryl methyl sites for hydroxylation is 1. The first-order valence-corrected chi connectivity index (χ1v) is 7.67. The van der Waals surface area contributed by atoms with Gasteiger partial charge in [0.25, 0.3) is 0 Å². The van der Waals surface area contributed by atoms with E-state index < -0.39 is 0 Å². The normalized spacial score (nSPS) is 18.0. The van der Waals surface area contributed by atoms with Crippen LogP contribution in [0.3, 0.4) is 0 Å². The van der Waals surface area contributed by atoms with Crippen LogP contribution in [0.25, 0.3) is 0 Å². The van der Waals surface area contributed by atoms with Gasteiger partial charge in [-0.3, -0.25) is 0 Å². The number of hydrogen-bond donors (Lipinski definition) is 0. The molecule has 3 nitrogen and oxygen atoms in total. The van der Waals surface area contributed by atoms with E-state index in [2.05, 4.69) is 55.1 Å². The van der Waals surface area contributed by atoms with E-state index in [4.69, 9.17) is 10.00 Å². The van der Waals surface area contributed by atoms with Crippen LogP contribution in [0.2, 0.25) is 0 Å². The summed E-state index contributed by atoms with van der Waals surface area (Å²) in [5.74, 6) is 0. The molecular weight excluding hydrogens is 272 g/mol. The molecule has 0 saturated heterocycles. The van der Waals surface area contributed by atoms with Crippen molar-refractivity contribution in [3.63, 3.8) is 0 Å². The third-order valence-electron chi connectivity index (χ3n) is 4.13. The average Bonchev–Trinajstić information content (AvgIpc) is 2.51. The summed E-state index contributed by atoms with van der Waals surface area (Å²) in [4.78, 5) is 2.30. The summed E-state index contributed by atoms with van der Waals surface area (Å²) in [5.41, 5.74) is 5.51. The van der Waals surface area contributed by atoms with E-state index in [1.54, 1.807) is 0 Å². The largest absolute Gasteiger partial charge is 0.376 e. The Morgan fingerprint density at radius 3 is 2.77 bits per heavy atom. The number of rotatable bonds is 1. The first-order valence-electron chi connectivity index (χ1n) is 7.67. The van der Waals surface area contributed by atoms with Gasteiger partial charge in [0.2, 0.25) is 0 Å². The van der Waals surface area contributed by atoms with Crippen molar-refractivity contribution in [2.75, 3.05) is 18.1 Å². The highest BCUT2D eigenvalue weighted by Crippen LogP contribution is 2.33. The predicted octanol–water partition coefficient (Wildman–Crippen LogP) is 3.97. The SMILES string of the molecule is Cc1ccccc1N1CCOC(C)Cc2cc(C#N)ccc21. The molecule has 0 aliphatic carbocycles. The second kappa shape index (κ2) is 6.21. The number of hydrogen-bond acceptors (Lipinski definition) is 3. The Balaban J connectivity index is 2.11. The van der Waals surface area contributed by atoms with Crippen LogP contribution in [-0.2, 0) is 11.2 Å². The maximum Gasteiger partial charge on any atom is 0.0991 e. The van der Waals surface area contributed by atoms with Gasteiger partial charge in [0, 0.05) is 24.3 Å². The fourth-order valence-corrected chi connectivity index (χ4v) is 3.03. The molecule has 2 aromatic carbocycles. The van der Waals surface area contributed by atoms with Crippen molar-refractivity contribution in [2.45, 2.75) is 26.4 Å². The third kappa shape index (κ3) is 2.84. The van der Waals surface area contributed by atoms with Gasteiger partial charge in [-0.1, -0.05) is 18.2 Å². The Labute approximate surface area is 131 Å². The van der Waals surface area contributed by atoms with E-state index >= 15 is 0 Å². The van der Waals surface area contributed by atoms with E-state index in [9.17, 15) is 0 Å². The lowest BCUT2D eigenvalue weighted by atomic mass is 10.0. The van der Waals surface area contributed by atoms with Crippen LogP contribution < -0.4 is 4.90 Å². The lowest BCUT2D eigenvalue weighted by molar-refractivity contribution is 0.0703. The minimum absolute atomic E-state index is 0.173. The van der Waals surface area contributed by atoms with Gasteiger partial charge >= 0.3 is 0 Å².